The molecule has 12 heteroatoms. The SMILES string of the molecule is CNS(=O)(=O)CCc1ccc(Nc2nccc(N(C)c3ccc4c(c3)nc(NC(C)C)n4C)n2)cc1.Cl. The summed E-state index contributed by atoms with van der Waals surface area (Å²) in [4.78, 5) is 15.7. The Kier molecular flexibility index (Phi) is 8.95. The Balaban J connectivity index is 0.00000380. The molecule has 2 aromatic heterocycles. The Bertz CT molecular complexity index is 1460. The number of hydrogen-bond donors (Lipinski definition) is 3. The van der Waals surface area contributed by atoms with Gasteiger partial charge < -0.3 is 20.1 Å². The smallest absolute Gasteiger partial charge is 0.229 e. The van der Waals surface area contributed by atoms with Crippen molar-refractivity contribution in [2.45, 2.75) is 26.3 Å². The molecule has 3 N–H and O–H groups in total. The topological polar surface area (TPSA) is 117 Å². The van der Waals surface area contributed by atoms with Gasteiger partial charge in [0.15, 0.2) is 0 Å². The second-order valence-corrected chi connectivity index (χ2v) is 10.9. The molecule has 0 fully saturated rings. The molecular weight excluding hydrogens is 512 g/mol. The number of sulfonamides is 1. The number of benzene rings is 2. The summed E-state index contributed by atoms with van der Waals surface area (Å²) in [5.41, 5.74) is 4.66. The van der Waals surface area contributed by atoms with E-state index in [1.54, 1.807) is 6.20 Å². The molecule has 0 aliphatic carbocycles. The molecule has 0 unspecified atom stereocenters. The fourth-order valence-corrected chi connectivity index (χ4v) is 4.46. The van der Waals surface area contributed by atoms with E-state index < -0.39 is 10.0 Å². The lowest BCUT2D eigenvalue weighted by Crippen LogP contribution is -2.23. The van der Waals surface area contributed by atoms with Crippen molar-refractivity contribution in [2.24, 2.45) is 7.05 Å². The number of fused-ring (bicyclic) bond motifs is 1. The lowest BCUT2D eigenvalue weighted by molar-refractivity contribution is 0.587. The molecule has 37 heavy (non-hydrogen) atoms. The van der Waals surface area contributed by atoms with Crippen molar-refractivity contribution in [1.29, 1.82) is 0 Å². The summed E-state index contributed by atoms with van der Waals surface area (Å²) >= 11 is 0. The van der Waals surface area contributed by atoms with Crippen molar-refractivity contribution in [2.75, 3.05) is 35.4 Å². The summed E-state index contributed by atoms with van der Waals surface area (Å²) < 4.78 is 27.7. The molecule has 0 aliphatic rings. The number of aromatic nitrogens is 4. The van der Waals surface area contributed by atoms with Crippen LogP contribution in [-0.4, -0.2) is 53.8 Å². The van der Waals surface area contributed by atoms with E-state index in [9.17, 15) is 8.42 Å². The van der Waals surface area contributed by atoms with E-state index in [0.717, 1.165) is 39.7 Å². The number of rotatable bonds is 10. The van der Waals surface area contributed by atoms with Crippen LogP contribution in [0.3, 0.4) is 0 Å². The number of anilines is 5. The van der Waals surface area contributed by atoms with Gasteiger partial charge in [-0.15, -0.1) is 12.4 Å². The predicted octanol–water partition coefficient (Wildman–Crippen LogP) is 4.21. The average molecular weight is 545 g/mol. The van der Waals surface area contributed by atoms with E-state index in [4.69, 9.17) is 4.98 Å². The van der Waals surface area contributed by atoms with Crippen LogP contribution >= 0.6 is 12.4 Å². The number of halogens is 1. The first-order valence-corrected chi connectivity index (χ1v) is 13.4. The maximum Gasteiger partial charge on any atom is 0.229 e. The van der Waals surface area contributed by atoms with Gasteiger partial charge in [0, 0.05) is 37.7 Å². The Hall–Kier alpha value is -3.41. The standard InChI is InChI=1S/C25H32N8O2S.ClH/c1-17(2)28-25-30-21-16-20(10-11-22(21)33(25)5)32(4)23-12-14-27-24(31-23)29-19-8-6-18(7-9-19)13-15-36(34,35)26-3;/h6-12,14,16-17,26H,13,15H2,1-5H3,(H,28,30)(H,27,29,31);1H. The van der Waals surface area contributed by atoms with Crippen LogP contribution in [0.15, 0.2) is 54.7 Å². The second kappa shape index (κ2) is 11.8. The number of aryl methyl sites for hydroxylation is 2. The molecule has 4 rings (SSSR count). The highest BCUT2D eigenvalue weighted by molar-refractivity contribution is 7.89. The van der Waals surface area contributed by atoms with Crippen molar-refractivity contribution in [3.8, 4) is 0 Å². The maximum atomic E-state index is 11.6. The molecule has 0 spiro atoms. The predicted molar refractivity (Wildman–Crippen MR) is 153 cm³/mol. The fraction of sp³-hybridized carbons (Fsp3) is 0.320. The van der Waals surface area contributed by atoms with Crippen LogP contribution in [0.5, 0.6) is 0 Å². The van der Waals surface area contributed by atoms with Crippen molar-refractivity contribution >= 4 is 62.6 Å². The number of nitrogens with zero attached hydrogens (tertiary/aromatic N) is 5. The van der Waals surface area contributed by atoms with Gasteiger partial charge in [0.2, 0.25) is 21.9 Å². The van der Waals surface area contributed by atoms with Crippen LogP contribution in [0, 0.1) is 0 Å². The van der Waals surface area contributed by atoms with Crippen LogP contribution in [0.25, 0.3) is 11.0 Å². The third-order valence-corrected chi connectivity index (χ3v) is 7.20. The van der Waals surface area contributed by atoms with Gasteiger partial charge >= 0.3 is 0 Å². The molecule has 10 nitrogen and oxygen atoms in total. The fourth-order valence-electron chi connectivity index (χ4n) is 3.75. The van der Waals surface area contributed by atoms with Crippen LogP contribution in [0.4, 0.5) is 29.1 Å². The molecule has 0 atom stereocenters. The lowest BCUT2D eigenvalue weighted by Gasteiger charge is -2.19. The van der Waals surface area contributed by atoms with E-state index in [0.29, 0.717) is 18.4 Å². The highest BCUT2D eigenvalue weighted by Gasteiger charge is 2.13. The first kappa shape index (κ1) is 28.2. The largest absolute Gasteiger partial charge is 0.353 e. The highest BCUT2D eigenvalue weighted by atomic mass is 35.5. The molecule has 2 aromatic carbocycles. The van der Waals surface area contributed by atoms with E-state index in [2.05, 4.69) is 49.8 Å². The number of hydrogen-bond acceptors (Lipinski definition) is 8. The first-order valence-electron chi connectivity index (χ1n) is 11.7. The number of imidazole rings is 1. The summed E-state index contributed by atoms with van der Waals surface area (Å²) in [5, 5.41) is 6.59. The zero-order chi connectivity index (χ0) is 25.9. The number of nitrogens with one attached hydrogen (secondary N) is 3. The second-order valence-electron chi connectivity index (χ2n) is 8.86. The Morgan fingerprint density at radius 2 is 1.78 bits per heavy atom. The van der Waals surface area contributed by atoms with Gasteiger partial charge in [-0.1, -0.05) is 12.1 Å². The van der Waals surface area contributed by atoms with Gasteiger partial charge in [0.25, 0.3) is 0 Å². The molecule has 4 aromatic rings. The van der Waals surface area contributed by atoms with E-state index in [-0.39, 0.29) is 18.2 Å². The van der Waals surface area contributed by atoms with Gasteiger partial charge in [0.05, 0.1) is 16.8 Å². The van der Waals surface area contributed by atoms with E-state index in [1.807, 2.05) is 61.5 Å². The molecule has 0 saturated carbocycles. The summed E-state index contributed by atoms with van der Waals surface area (Å²) in [6, 6.07) is 15.9. The van der Waals surface area contributed by atoms with Crippen LogP contribution in [0.2, 0.25) is 0 Å². The Morgan fingerprint density at radius 3 is 2.46 bits per heavy atom. The molecule has 198 valence electrons. The van der Waals surface area contributed by atoms with Gasteiger partial charge in [-0.2, -0.15) is 4.98 Å². The minimum absolute atomic E-state index is 0. The van der Waals surface area contributed by atoms with Crippen LogP contribution in [-0.2, 0) is 23.5 Å². The Labute approximate surface area is 224 Å². The summed E-state index contributed by atoms with van der Waals surface area (Å²) in [6.07, 6.45) is 2.15. The third-order valence-electron chi connectivity index (χ3n) is 5.83. The van der Waals surface area contributed by atoms with Crippen LogP contribution < -0.4 is 20.3 Å². The van der Waals surface area contributed by atoms with Gasteiger partial charge in [-0.05, 0) is 69.3 Å². The Morgan fingerprint density at radius 1 is 1.05 bits per heavy atom. The van der Waals surface area contributed by atoms with Crippen molar-refractivity contribution in [3.63, 3.8) is 0 Å². The summed E-state index contributed by atoms with van der Waals surface area (Å²) in [6.45, 7) is 4.18. The van der Waals surface area contributed by atoms with Gasteiger partial charge in [-0.25, -0.2) is 23.1 Å². The van der Waals surface area contributed by atoms with Crippen LogP contribution in [0.1, 0.15) is 19.4 Å². The molecule has 0 radical (unpaired) electrons. The minimum atomic E-state index is -3.23. The monoisotopic (exact) mass is 544 g/mol. The lowest BCUT2D eigenvalue weighted by atomic mass is 10.1. The first-order chi connectivity index (χ1) is 17.1. The zero-order valence-electron chi connectivity index (χ0n) is 21.6. The van der Waals surface area contributed by atoms with Crippen molar-refractivity contribution in [3.05, 3.63) is 60.3 Å². The summed E-state index contributed by atoms with van der Waals surface area (Å²) in [7, 11) is 2.15. The quantitative estimate of drug-likeness (QED) is 0.272. The normalized spacial score (nSPS) is 11.4. The summed E-state index contributed by atoms with van der Waals surface area (Å²) in [5.74, 6) is 2.08. The van der Waals surface area contributed by atoms with Gasteiger partial charge in [-0.3, -0.25) is 0 Å². The molecule has 2 heterocycles. The average Bonchev–Trinajstić information content (AvgIpc) is 3.17. The molecular formula is C25H33ClN8O2S. The molecule has 0 bridgehead atoms. The maximum absolute atomic E-state index is 11.6. The van der Waals surface area contributed by atoms with Crippen molar-refractivity contribution < 1.29 is 8.42 Å². The molecule has 0 amide bonds. The third kappa shape index (κ3) is 6.88. The van der Waals surface area contributed by atoms with E-state index in [1.165, 1.54) is 7.05 Å². The van der Waals surface area contributed by atoms with E-state index >= 15 is 0 Å². The molecule has 0 aliphatic heterocycles. The molecule has 0 saturated heterocycles. The minimum Gasteiger partial charge on any atom is -0.353 e. The zero-order valence-corrected chi connectivity index (χ0v) is 23.2. The van der Waals surface area contributed by atoms with Crippen molar-refractivity contribution in [1.82, 2.24) is 24.2 Å². The van der Waals surface area contributed by atoms with Gasteiger partial charge in [0.1, 0.15) is 5.82 Å². The highest BCUT2D eigenvalue weighted by Crippen LogP contribution is 2.28.